The summed E-state index contributed by atoms with van der Waals surface area (Å²) in [6.07, 6.45) is -0.421. The quantitative estimate of drug-likeness (QED) is 0.805. The fourth-order valence-corrected chi connectivity index (χ4v) is 1.68. The van der Waals surface area contributed by atoms with Gasteiger partial charge in [-0.1, -0.05) is 12.1 Å². The van der Waals surface area contributed by atoms with Crippen LogP contribution < -0.4 is 4.74 Å². The second-order valence-electron chi connectivity index (χ2n) is 4.28. The SMILES string of the molecule is COc1ccc([C@H](C)N(C)C(=O)[C@H](C)OC)cc1. The Morgan fingerprint density at radius 2 is 1.72 bits per heavy atom. The number of likely N-dealkylation sites (N-methyl/N-ethyl adjacent to an activating group) is 1. The van der Waals surface area contributed by atoms with Crippen molar-refractivity contribution in [1.29, 1.82) is 0 Å². The van der Waals surface area contributed by atoms with Gasteiger partial charge in [-0.2, -0.15) is 0 Å². The van der Waals surface area contributed by atoms with Crippen LogP contribution in [0, 0.1) is 0 Å². The molecule has 1 rings (SSSR count). The van der Waals surface area contributed by atoms with E-state index in [0.717, 1.165) is 11.3 Å². The molecule has 0 N–H and O–H groups in total. The fourth-order valence-electron chi connectivity index (χ4n) is 1.68. The Kier molecular flexibility index (Phi) is 5.16. The molecule has 0 aromatic heterocycles. The van der Waals surface area contributed by atoms with E-state index in [-0.39, 0.29) is 11.9 Å². The number of benzene rings is 1. The summed E-state index contributed by atoms with van der Waals surface area (Å²) in [5.41, 5.74) is 1.06. The summed E-state index contributed by atoms with van der Waals surface area (Å²) in [6.45, 7) is 3.74. The number of amides is 1. The van der Waals surface area contributed by atoms with E-state index in [9.17, 15) is 4.79 Å². The van der Waals surface area contributed by atoms with Crippen LogP contribution in [0.5, 0.6) is 5.75 Å². The van der Waals surface area contributed by atoms with Crippen molar-refractivity contribution in [3.05, 3.63) is 29.8 Å². The molecule has 100 valence electrons. The van der Waals surface area contributed by atoms with E-state index in [0.29, 0.717) is 0 Å². The number of rotatable bonds is 5. The first-order valence-corrected chi connectivity index (χ1v) is 5.94. The first-order chi connectivity index (χ1) is 8.51. The molecule has 0 unspecified atom stereocenters. The van der Waals surface area contributed by atoms with Crippen molar-refractivity contribution in [2.45, 2.75) is 26.0 Å². The average molecular weight is 251 g/mol. The third-order valence-corrected chi connectivity index (χ3v) is 3.23. The van der Waals surface area contributed by atoms with Gasteiger partial charge in [-0.25, -0.2) is 0 Å². The summed E-state index contributed by atoms with van der Waals surface area (Å²) in [4.78, 5) is 13.7. The van der Waals surface area contributed by atoms with Crippen LogP contribution in [0.1, 0.15) is 25.5 Å². The number of ether oxygens (including phenoxy) is 2. The topological polar surface area (TPSA) is 38.8 Å². The van der Waals surface area contributed by atoms with Crippen LogP contribution in [0.2, 0.25) is 0 Å². The maximum absolute atomic E-state index is 12.0. The van der Waals surface area contributed by atoms with Crippen LogP contribution in [-0.2, 0) is 9.53 Å². The lowest BCUT2D eigenvalue weighted by Gasteiger charge is -2.27. The maximum Gasteiger partial charge on any atom is 0.251 e. The lowest BCUT2D eigenvalue weighted by molar-refractivity contribution is -0.141. The highest BCUT2D eigenvalue weighted by molar-refractivity contribution is 5.80. The predicted octanol–water partition coefficient (Wildman–Crippen LogP) is 2.25. The Labute approximate surface area is 108 Å². The largest absolute Gasteiger partial charge is 0.497 e. The van der Waals surface area contributed by atoms with Crippen LogP contribution in [0.4, 0.5) is 0 Å². The van der Waals surface area contributed by atoms with Gasteiger partial charge in [-0.15, -0.1) is 0 Å². The van der Waals surface area contributed by atoms with Crippen LogP contribution in [0.3, 0.4) is 0 Å². The molecule has 1 aromatic rings. The molecule has 0 aliphatic carbocycles. The lowest BCUT2D eigenvalue weighted by Crippen LogP contribution is -2.37. The Bertz CT molecular complexity index is 389. The van der Waals surface area contributed by atoms with Gasteiger partial charge >= 0.3 is 0 Å². The Balaban J connectivity index is 2.79. The number of hydrogen-bond donors (Lipinski definition) is 0. The van der Waals surface area contributed by atoms with Gasteiger partial charge in [0.1, 0.15) is 11.9 Å². The standard InChI is InChI=1S/C14H21NO3/c1-10(15(3)14(16)11(2)17-4)12-6-8-13(18-5)9-7-12/h6-11H,1-5H3/t10-,11-/m0/s1. The van der Waals surface area contributed by atoms with Gasteiger partial charge in [0, 0.05) is 14.2 Å². The Morgan fingerprint density at radius 1 is 1.17 bits per heavy atom. The predicted molar refractivity (Wildman–Crippen MR) is 70.7 cm³/mol. The summed E-state index contributed by atoms with van der Waals surface area (Å²) in [5.74, 6) is 0.783. The highest BCUT2D eigenvalue weighted by Crippen LogP contribution is 2.22. The molecule has 0 aliphatic rings. The van der Waals surface area contributed by atoms with E-state index in [1.807, 2.05) is 31.2 Å². The van der Waals surface area contributed by atoms with E-state index in [4.69, 9.17) is 9.47 Å². The maximum atomic E-state index is 12.0. The molecule has 1 amide bonds. The number of methoxy groups -OCH3 is 2. The van der Waals surface area contributed by atoms with Gasteiger partial charge < -0.3 is 14.4 Å². The van der Waals surface area contributed by atoms with E-state index < -0.39 is 6.10 Å². The van der Waals surface area contributed by atoms with Crippen molar-refractivity contribution in [3.63, 3.8) is 0 Å². The molecule has 0 heterocycles. The normalized spacial score (nSPS) is 13.8. The summed E-state index contributed by atoms with van der Waals surface area (Å²) in [6, 6.07) is 7.71. The van der Waals surface area contributed by atoms with Crippen molar-refractivity contribution < 1.29 is 14.3 Å². The van der Waals surface area contributed by atoms with Crippen molar-refractivity contribution in [2.75, 3.05) is 21.3 Å². The molecule has 1 aromatic carbocycles. The molecule has 0 aliphatic heterocycles. The first-order valence-electron chi connectivity index (χ1n) is 5.94. The zero-order valence-corrected chi connectivity index (χ0v) is 11.6. The van der Waals surface area contributed by atoms with Crippen LogP contribution in [-0.4, -0.2) is 38.2 Å². The van der Waals surface area contributed by atoms with E-state index in [1.165, 1.54) is 7.11 Å². The second kappa shape index (κ2) is 6.40. The number of carbonyl (C=O) groups excluding carboxylic acids is 1. The van der Waals surface area contributed by atoms with Gasteiger partial charge in [0.15, 0.2) is 0 Å². The van der Waals surface area contributed by atoms with Crippen molar-refractivity contribution in [1.82, 2.24) is 4.90 Å². The molecule has 18 heavy (non-hydrogen) atoms. The molecule has 2 atom stereocenters. The van der Waals surface area contributed by atoms with E-state index >= 15 is 0 Å². The fraction of sp³-hybridized carbons (Fsp3) is 0.500. The summed E-state index contributed by atoms with van der Waals surface area (Å²) in [7, 11) is 4.95. The van der Waals surface area contributed by atoms with Crippen molar-refractivity contribution in [3.8, 4) is 5.75 Å². The molecule has 0 spiro atoms. The minimum absolute atomic E-state index is 0.000932. The third kappa shape index (κ3) is 3.23. The van der Waals surface area contributed by atoms with Crippen molar-refractivity contribution in [2.24, 2.45) is 0 Å². The summed E-state index contributed by atoms with van der Waals surface area (Å²) >= 11 is 0. The smallest absolute Gasteiger partial charge is 0.251 e. The van der Waals surface area contributed by atoms with Gasteiger partial charge in [-0.3, -0.25) is 4.79 Å². The van der Waals surface area contributed by atoms with E-state index in [2.05, 4.69) is 0 Å². The monoisotopic (exact) mass is 251 g/mol. The van der Waals surface area contributed by atoms with E-state index in [1.54, 1.807) is 26.0 Å². The number of nitrogens with zero attached hydrogens (tertiary/aromatic N) is 1. The minimum atomic E-state index is -0.421. The van der Waals surface area contributed by atoms with Gasteiger partial charge in [-0.05, 0) is 31.5 Å². The molecule has 0 saturated heterocycles. The number of carbonyl (C=O) groups is 1. The Morgan fingerprint density at radius 3 is 2.17 bits per heavy atom. The number of hydrogen-bond acceptors (Lipinski definition) is 3. The molecule has 0 saturated carbocycles. The van der Waals surface area contributed by atoms with Crippen LogP contribution >= 0.6 is 0 Å². The van der Waals surface area contributed by atoms with Gasteiger partial charge in [0.2, 0.25) is 0 Å². The van der Waals surface area contributed by atoms with Crippen LogP contribution in [0.15, 0.2) is 24.3 Å². The van der Waals surface area contributed by atoms with Crippen molar-refractivity contribution >= 4 is 5.91 Å². The minimum Gasteiger partial charge on any atom is -0.497 e. The van der Waals surface area contributed by atoms with Crippen LogP contribution in [0.25, 0.3) is 0 Å². The zero-order valence-electron chi connectivity index (χ0n) is 11.6. The molecule has 0 fully saturated rings. The molecule has 4 nitrogen and oxygen atoms in total. The highest BCUT2D eigenvalue weighted by atomic mass is 16.5. The zero-order chi connectivity index (χ0) is 13.7. The molecule has 0 bridgehead atoms. The summed E-state index contributed by atoms with van der Waals surface area (Å²) in [5, 5.41) is 0. The van der Waals surface area contributed by atoms with Gasteiger partial charge in [0.25, 0.3) is 5.91 Å². The Hall–Kier alpha value is -1.55. The highest BCUT2D eigenvalue weighted by Gasteiger charge is 2.22. The summed E-state index contributed by atoms with van der Waals surface area (Å²) < 4.78 is 10.2. The first kappa shape index (κ1) is 14.5. The third-order valence-electron chi connectivity index (χ3n) is 3.23. The van der Waals surface area contributed by atoms with Gasteiger partial charge in [0.05, 0.1) is 13.2 Å². The average Bonchev–Trinajstić information content (AvgIpc) is 2.44. The molecule has 0 radical (unpaired) electrons. The lowest BCUT2D eigenvalue weighted by atomic mass is 10.1. The molecule has 4 heteroatoms. The second-order valence-corrected chi connectivity index (χ2v) is 4.28. The molecular formula is C14H21NO3. The molecular weight excluding hydrogens is 230 g/mol.